The van der Waals surface area contributed by atoms with Crippen LogP contribution in [0.25, 0.3) is 0 Å². The van der Waals surface area contributed by atoms with Crippen molar-refractivity contribution in [2.24, 2.45) is 5.73 Å². The van der Waals surface area contributed by atoms with Gasteiger partial charge < -0.3 is 15.6 Å². The summed E-state index contributed by atoms with van der Waals surface area (Å²) in [6.07, 6.45) is -0.0358. The van der Waals surface area contributed by atoms with Crippen molar-refractivity contribution < 1.29 is 14.6 Å². The standard InChI is InChI=1S/C12H15NO3/c13-11(5-12(14)15)9-3-1-8(2-4-9)10-6-16-7-10/h1-4,10-11H,5-7,13H2,(H,14,15). The summed E-state index contributed by atoms with van der Waals surface area (Å²) in [5.41, 5.74) is 7.86. The maximum absolute atomic E-state index is 10.5. The molecular formula is C12H15NO3. The maximum Gasteiger partial charge on any atom is 0.305 e. The minimum atomic E-state index is -0.871. The second-order valence-corrected chi connectivity index (χ2v) is 4.11. The first-order valence-electron chi connectivity index (χ1n) is 5.32. The number of aliphatic carboxylic acids is 1. The molecule has 4 heteroatoms. The molecular weight excluding hydrogens is 206 g/mol. The second kappa shape index (κ2) is 4.63. The molecule has 1 aliphatic rings. The summed E-state index contributed by atoms with van der Waals surface area (Å²) >= 11 is 0. The van der Waals surface area contributed by atoms with Gasteiger partial charge in [0.25, 0.3) is 0 Å². The van der Waals surface area contributed by atoms with Crippen LogP contribution < -0.4 is 5.73 Å². The molecule has 4 nitrogen and oxygen atoms in total. The van der Waals surface area contributed by atoms with E-state index in [4.69, 9.17) is 15.6 Å². The molecule has 1 heterocycles. The van der Waals surface area contributed by atoms with Crippen LogP contribution in [0.3, 0.4) is 0 Å². The van der Waals surface area contributed by atoms with E-state index in [1.54, 1.807) is 0 Å². The summed E-state index contributed by atoms with van der Waals surface area (Å²) in [5, 5.41) is 8.64. The van der Waals surface area contributed by atoms with E-state index >= 15 is 0 Å². The van der Waals surface area contributed by atoms with Gasteiger partial charge in [0.15, 0.2) is 0 Å². The highest BCUT2D eigenvalue weighted by atomic mass is 16.5. The Kier molecular flexibility index (Phi) is 3.22. The first-order valence-corrected chi connectivity index (χ1v) is 5.32. The van der Waals surface area contributed by atoms with Gasteiger partial charge in [-0.3, -0.25) is 4.79 Å². The van der Waals surface area contributed by atoms with Crippen LogP contribution >= 0.6 is 0 Å². The normalized spacial score (nSPS) is 17.8. The molecule has 0 amide bonds. The number of ether oxygens (including phenoxy) is 1. The fourth-order valence-corrected chi connectivity index (χ4v) is 1.75. The van der Waals surface area contributed by atoms with Crippen LogP contribution in [0.15, 0.2) is 24.3 Å². The third-order valence-electron chi connectivity index (χ3n) is 2.87. The van der Waals surface area contributed by atoms with Crippen molar-refractivity contribution >= 4 is 5.97 Å². The van der Waals surface area contributed by atoms with Crippen LogP contribution in [0.5, 0.6) is 0 Å². The van der Waals surface area contributed by atoms with E-state index in [1.807, 2.05) is 24.3 Å². The van der Waals surface area contributed by atoms with Gasteiger partial charge in [-0.05, 0) is 11.1 Å². The molecule has 0 aromatic heterocycles. The predicted molar refractivity (Wildman–Crippen MR) is 59.2 cm³/mol. The van der Waals surface area contributed by atoms with Crippen LogP contribution in [-0.4, -0.2) is 24.3 Å². The first-order chi connectivity index (χ1) is 7.66. The molecule has 0 bridgehead atoms. The van der Waals surface area contributed by atoms with E-state index in [9.17, 15) is 4.79 Å². The molecule has 1 fully saturated rings. The van der Waals surface area contributed by atoms with Gasteiger partial charge in [-0.2, -0.15) is 0 Å². The van der Waals surface area contributed by atoms with Crippen LogP contribution in [-0.2, 0) is 9.53 Å². The Balaban J connectivity index is 2.03. The van der Waals surface area contributed by atoms with E-state index in [-0.39, 0.29) is 6.42 Å². The lowest BCUT2D eigenvalue weighted by atomic mass is 9.95. The number of hydrogen-bond donors (Lipinski definition) is 2. The molecule has 1 atom stereocenters. The van der Waals surface area contributed by atoms with Crippen molar-refractivity contribution in [1.29, 1.82) is 0 Å². The van der Waals surface area contributed by atoms with Gasteiger partial charge in [0, 0.05) is 12.0 Å². The topological polar surface area (TPSA) is 72.6 Å². The second-order valence-electron chi connectivity index (χ2n) is 4.11. The summed E-state index contributed by atoms with van der Waals surface area (Å²) in [5.74, 6) is -0.381. The van der Waals surface area contributed by atoms with E-state index in [0.29, 0.717) is 5.92 Å². The molecule has 0 aliphatic carbocycles. The monoisotopic (exact) mass is 221 g/mol. The number of rotatable bonds is 4. The highest BCUT2D eigenvalue weighted by molar-refractivity contribution is 5.67. The molecule has 1 aliphatic heterocycles. The van der Waals surface area contributed by atoms with Crippen molar-refractivity contribution in [3.8, 4) is 0 Å². The third-order valence-corrected chi connectivity index (χ3v) is 2.87. The van der Waals surface area contributed by atoms with E-state index < -0.39 is 12.0 Å². The van der Waals surface area contributed by atoms with Crippen LogP contribution in [0.2, 0.25) is 0 Å². The fourth-order valence-electron chi connectivity index (χ4n) is 1.75. The van der Waals surface area contributed by atoms with Crippen LogP contribution in [0.4, 0.5) is 0 Å². The molecule has 2 rings (SSSR count). The molecule has 0 spiro atoms. The Labute approximate surface area is 94.0 Å². The van der Waals surface area contributed by atoms with Crippen molar-refractivity contribution in [3.05, 3.63) is 35.4 Å². The lowest BCUT2D eigenvalue weighted by molar-refractivity contribution is -0.137. The Hall–Kier alpha value is -1.39. The van der Waals surface area contributed by atoms with E-state index in [2.05, 4.69) is 0 Å². The van der Waals surface area contributed by atoms with Gasteiger partial charge in [0.05, 0.1) is 19.6 Å². The maximum atomic E-state index is 10.5. The van der Waals surface area contributed by atoms with Crippen molar-refractivity contribution in [2.45, 2.75) is 18.4 Å². The number of nitrogens with two attached hydrogens (primary N) is 1. The SMILES string of the molecule is NC(CC(=O)O)c1ccc(C2COC2)cc1. The van der Waals surface area contributed by atoms with E-state index in [0.717, 1.165) is 18.8 Å². The highest BCUT2D eigenvalue weighted by Gasteiger charge is 2.20. The van der Waals surface area contributed by atoms with Gasteiger partial charge >= 0.3 is 5.97 Å². The van der Waals surface area contributed by atoms with E-state index in [1.165, 1.54) is 5.56 Å². The molecule has 1 unspecified atom stereocenters. The van der Waals surface area contributed by atoms with Gasteiger partial charge in [0.1, 0.15) is 0 Å². The van der Waals surface area contributed by atoms with Gasteiger partial charge in [-0.25, -0.2) is 0 Å². The molecule has 86 valence electrons. The molecule has 1 saturated heterocycles. The number of carbonyl (C=O) groups is 1. The number of carboxylic acids is 1. The quantitative estimate of drug-likeness (QED) is 0.803. The van der Waals surface area contributed by atoms with Gasteiger partial charge in [-0.1, -0.05) is 24.3 Å². The van der Waals surface area contributed by atoms with Crippen molar-refractivity contribution in [2.75, 3.05) is 13.2 Å². The number of hydrogen-bond acceptors (Lipinski definition) is 3. The van der Waals surface area contributed by atoms with Crippen LogP contribution in [0.1, 0.15) is 29.5 Å². The number of carboxylic acid groups (broad SMARTS) is 1. The lowest BCUT2D eigenvalue weighted by Crippen LogP contribution is -2.25. The molecule has 3 N–H and O–H groups in total. The predicted octanol–water partition coefficient (Wildman–Crippen LogP) is 1.27. The van der Waals surface area contributed by atoms with Crippen molar-refractivity contribution in [1.82, 2.24) is 0 Å². The zero-order valence-corrected chi connectivity index (χ0v) is 8.93. The molecule has 1 aromatic carbocycles. The molecule has 0 saturated carbocycles. The average Bonchev–Trinajstić information content (AvgIpc) is 2.15. The molecule has 0 radical (unpaired) electrons. The Morgan fingerprint density at radius 2 is 2.06 bits per heavy atom. The Morgan fingerprint density at radius 3 is 2.50 bits per heavy atom. The van der Waals surface area contributed by atoms with Crippen LogP contribution in [0, 0.1) is 0 Å². The molecule has 1 aromatic rings. The zero-order chi connectivity index (χ0) is 11.5. The Morgan fingerprint density at radius 1 is 1.44 bits per heavy atom. The summed E-state index contributed by atoms with van der Waals surface area (Å²) in [6, 6.07) is 7.39. The summed E-state index contributed by atoms with van der Waals surface area (Å²) in [6.45, 7) is 1.56. The first kappa shape index (κ1) is 11.1. The molecule has 16 heavy (non-hydrogen) atoms. The van der Waals surface area contributed by atoms with Gasteiger partial charge in [0.2, 0.25) is 0 Å². The minimum Gasteiger partial charge on any atom is -0.481 e. The zero-order valence-electron chi connectivity index (χ0n) is 8.93. The van der Waals surface area contributed by atoms with Crippen molar-refractivity contribution in [3.63, 3.8) is 0 Å². The summed E-state index contributed by atoms with van der Waals surface area (Å²) in [4.78, 5) is 10.5. The minimum absolute atomic E-state index is 0.0358. The highest BCUT2D eigenvalue weighted by Crippen LogP contribution is 2.25. The fraction of sp³-hybridized carbons (Fsp3) is 0.417. The summed E-state index contributed by atoms with van der Waals surface area (Å²) in [7, 11) is 0. The smallest absolute Gasteiger partial charge is 0.305 e. The number of benzene rings is 1. The third kappa shape index (κ3) is 2.40. The average molecular weight is 221 g/mol. The Bertz CT molecular complexity index is 370. The van der Waals surface area contributed by atoms with Gasteiger partial charge in [-0.15, -0.1) is 0 Å². The summed E-state index contributed by atoms with van der Waals surface area (Å²) < 4.78 is 5.12. The largest absolute Gasteiger partial charge is 0.481 e. The lowest BCUT2D eigenvalue weighted by Gasteiger charge is -2.26.